The monoisotopic (exact) mass is 458 g/mol. The zero-order chi connectivity index (χ0) is 23.3. The molecule has 0 saturated carbocycles. The van der Waals surface area contributed by atoms with Crippen molar-refractivity contribution in [2.24, 2.45) is 5.92 Å². The highest BCUT2D eigenvalue weighted by Gasteiger charge is 2.29. The molecule has 2 heterocycles. The van der Waals surface area contributed by atoms with Crippen molar-refractivity contribution in [3.05, 3.63) is 53.9 Å². The van der Waals surface area contributed by atoms with Gasteiger partial charge in [0.2, 0.25) is 21.8 Å². The first-order valence-corrected chi connectivity index (χ1v) is 12.3. The number of aromatic nitrogens is 1. The Morgan fingerprint density at radius 3 is 2.66 bits per heavy atom. The number of anilines is 1. The molecule has 2 N–H and O–H groups in total. The summed E-state index contributed by atoms with van der Waals surface area (Å²) in [6, 6.07) is 7.47. The first-order valence-electron chi connectivity index (χ1n) is 10.8. The van der Waals surface area contributed by atoms with E-state index in [1.807, 2.05) is 19.9 Å². The van der Waals surface area contributed by atoms with Crippen LogP contribution in [-0.2, 0) is 32.6 Å². The molecule has 1 atom stereocenters. The van der Waals surface area contributed by atoms with Gasteiger partial charge in [-0.1, -0.05) is 26.8 Å². The number of nitrogens with one attached hydrogen (secondary N) is 2. The van der Waals surface area contributed by atoms with Crippen molar-refractivity contribution in [3.8, 4) is 0 Å². The molecule has 3 rings (SSSR count). The fourth-order valence-corrected chi connectivity index (χ4v) is 5.00. The molecule has 1 aromatic heterocycles. The zero-order valence-corrected chi connectivity index (χ0v) is 19.5. The third kappa shape index (κ3) is 5.72. The van der Waals surface area contributed by atoms with E-state index >= 15 is 0 Å². The molecule has 2 amide bonds. The minimum atomic E-state index is -3.92. The highest BCUT2D eigenvalue weighted by atomic mass is 32.2. The molecule has 0 aliphatic carbocycles. The summed E-state index contributed by atoms with van der Waals surface area (Å²) >= 11 is 0. The SMILES string of the molecule is CCC(=O)N1CCc2cc(S(=O)(=O)N[C@H](CC(C)C)C(=O)NCc3cccnc3)ccc21. The van der Waals surface area contributed by atoms with Gasteiger partial charge in [0.15, 0.2) is 0 Å². The summed E-state index contributed by atoms with van der Waals surface area (Å²) in [6.45, 7) is 6.49. The minimum absolute atomic E-state index is 0.0137. The second-order valence-corrected chi connectivity index (χ2v) is 10.0. The van der Waals surface area contributed by atoms with Crippen LogP contribution in [0.4, 0.5) is 5.69 Å². The summed E-state index contributed by atoms with van der Waals surface area (Å²) in [5.74, 6) is -0.257. The van der Waals surface area contributed by atoms with E-state index in [4.69, 9.17) is 0 Å². The van der Waals surface area contributed by atoms with Crippen LogP contribution < -0.4 is 14.9 Å². The Hall–Kier alpha value is -2.78. The van der Waals surface area contributed by atoms with Crippen LogP contribution in [0, 0.1) is 5.92 Å². The van der Waals surface area contributed by atoms with E-state index < -0.39 is 16.1 Å². The van der Waals surface area contributed by atoms with Crippen LogP contribution in [0.25, 0.3) is 0 Å². The Labute approximate surface area is 189 Å². The summed E-state index contributed by atoms with van der Waals surface area (Å²) < 4.78 is 28.8. The van der Waals surface area contributed by atoms with Crippen molar-refractivity contribution in [3.63, 3.8) is 0 Å². The smallest absolute Gasteiger partial charge is 0.241 e. The van der Waals surface area contributed by atoms with Crippen molar-refractivity contribution in [1.29, 1.82) is 0 Å². The van der Waals surface area contributed by atoms with Crippen LogP contribution >= 0.6 is 0 Å². The van der Waals surface area contributed by atoms with E-state index in [0.717, 1.165) is 16.8 Å². The summed E-state index contributed by atoms with van der Waals surface area (Å²) in [5, 5.41) is 2.79. The molecule has 1 aliphatic heterocycles. The lowest BCUT2D eigenvalue weighted by Gasteiger charge is -2.21. The highest BCUT2D eigenvalue weighted by molar-refractivity contribution is 7.89. The van der Waals surface area contributed by atoms with E-state index in [-0.39, 0.29) is 29.2 Å². The van der Waals surface area contributed by atoms with Crippen molar-refractivity contribution in [2.45, 2.75) is 57.5 Å². The molecule has 0 bridgehead atoms. The third-order valence-corrected chi connectivity index (χ3v) is 6.84. The van der Waals surface area contributed by atoms with Gasteiger partial charge in [-0.25, -0.2) is 8.42 Å². The maximum atomic E-state index is 13.1. The summed E-state index contributed by atoms with van der Waals surface area (Å²) in [7, 11) is -3.92. The van der Waals surface area contributed by atoms with Gasteiger partial charge in [0.05, 0.1) is 4.90 Å². The quantitative estimate of drug-likeness (QED) is 0.600. The number of carbonyl (C=O) groups excluding carboxylic acids is 2. The van der Waals surface area contributed by atoms with E-state index in [1.165, 1.54) is 6.07 Å². The van der Waals surface area contributed by atoms with E-state index in [2.05, 4.69) is 15.0 Å². The molecule has 1 aromatic carbocycles. The summed E-state index contributed by atoms with van der Waals surface area (Å²) in [6.07, 6.45) is 4.66. The van der Waals surface area contributed by atoms with Gasteiger partial charge >= 0.3 is 0 Å². The fraction of sp³-hybridized carbons (Fsp3) is 0.435. The van der Waals surface area contributed by atoms with Gasteiger partial charge in [-0.2, -0.15) is 4.72 Å². The maximum Gasteiger partial charge on any atom is 0.241 e. The predicted molar refractivity (Wildman–Crippen MR) is 122 cm³/mol. The molecule has 172 valence electrons. The van der Waals surface area contributed by atoms with Crippen LogP contribution in [0.3, 0.4) is 0 Å². The molecule has 0 radical (unpaired) electrons. The molecular weight excluding hydrogens is 428 g/mol. The van der Waals surface area contributed by atoms with Gasteiger partial charge in [0.25, 0.3) is 0 Å². The first-order chi connectivity index (χ1) is 15.2. The number of rotatable bonds is 9. The molecule has 1 aliphatic rings. The van der Waals surface area contributed by atoms with Gasteiger partial charge in [0, 0.05) is 37.6 Å². The van der Waals surface area contributed by atoms with Crippen LogP contribution in [0.1, 0.15) is 44.7 Å². The normalized spacial score (nSPS) is 14.3. The summed E-state index contributed by atoms with van der Waals surface area (Å²) in [5.41, 5.74) is 2.40. The van der Waals surface area contributed by atoms with Crippen LogP contribution in [0.15, 0.2) is 47.6 Å². The van der Waals surface area contributed by atoms with E-state index in [0.29, 0.717) is 25.8 Å². The van der Waals surface area contributed by atoms with Gasteiger partial charge in [-0.15, -0.1) is 0 Å². The lowest BCUT2D eigenvalue weighted by atomic mass is 10.0. The Kier molecular flexibility index (Phi) is 7.63. The Bertz CT molecular complexity index is 1070. The van der Waals surface area contributed by atoms with Gasteiger partial charge in [-0.3, -0.25) is 14.6 Å². The number of benzene rings is 1. The van der Waals surface area contributed by atoms with Crippen LogP contribution in [0.5, 0.6) is 0 Å². The number of fused-ring (bicyclic) bond motifs is 1. The molecule has 32 heavy (non-hydrogen) atoms. The molecule has 8 nitrogen and oxygen atoms in total. The molecule has 2 aromatic rings. The Morgan fingerprint density at radius 2 is 2.00 bits per heavy atom. The third-order valence-electron chi connectivity index (χ3n) is 5.37. The van der Waals surface area contributed by atoms with E-state index in [1.54, 1.807) is 42.4 Å². The Morgan fingerprint density at radius 1 is 1.22 bits per heavy atom. The minimum Gasteiger partial charge on any atom is -0.351 e. The number of hydrogen-bond donors (Lipinski definition) is 2. The lowest BCUT2D eigenvalue weighted by molar-refractivity contribution is -0.123. The number of pyridine rings is 1. The lowest BCUT2D eigenvalue weighted by Crippen LogP contribution is -2.47. The van der Waals surface area contributed by atoms with Crippen LogP contribution in [-0.4, -0.2) is 37.8 Å². The van der Waals surface area contributed by atoms with Gasteiger partial charge in [-0.05, 0) is 54.2 Å². The topological polar surface area (TPSA) is 108 Å². The second-order valence-electron chi connectivity index (χ2n) is 8.32. The average Bonchev–Trinajstić information content (AvgIpc) is 3.20. The maximum absolute atomic E-state index is 13.1. The summed E-state index contributed by atoms with van der Waals surface area (Å²) in [4.78, 5) is 30.7. The number of carbonyl (C=O) groups is 2. The second kappa shape index (κ2) is 10.2. The highest BCUT2D eigenvalue weighted by Crippen LogP contribution is 2.30. The molecular formula is C23H30N4O4S. The zero-order valence-electron chi connectivity index (χ0n) is 18.7. The van der Waals surface area contributed by atoms with Crippen molar-refractivity contribution >= 4 is 27.5 Å². The van der Waals surface area contributed by atoms with Crippen molar-refractivity contribution < 1.29 is 18.0 Å². The fourth-order valence-electron chi connectivity index (χ4n) is 3.75. The molecule has 0 unspecified atom stereocenters. The van der Waals surface area contributed by atoms with Gasteiger partial charge < -0.3 is 10.2 Å². The van der Waals surface area contributed by atoms with Crippen molar-refractivity contribution in [2.75, 3.05) is 11.4 Å². The number of hydrogen-bond acceptors (Lipinski definition) is 5. The standard InChI is InChI=1S/C23H30N4O4S/c1-4-22(28)27-11-9-18-13-19(7-8-21(18)27)32(30,31)26-20(12-16(2)3)23(29)25-15-17-6-5-10-24-14-17/h5-8,10,13-14,16,20,26H,4,9,11-12,15H2,1-3H3,(H,25,29)/t20-/m1/s1. The first kappa shape index (κ1) is 23.9. The molecule has 0 spiro atoms. The van der Waals surface area contributed by atoms with E-state index in [9.17, 15) is 18.0 Å². The molecule has 9 heteroatoms. The largest absolute Gasteiger partial charge is 0.351 e. The number of sulfonamides is 1. The predicted octanol–water partition coefficient (Wildman–Crippen LogP) is 2.39. The van der Waals surface area contributed by atoms with Crippen LogP contribution in [0.2, 0.25) is 0 Å². The number of nitrogens with zero attached hydrogens (tertiary/aromatic N) is 2. The molecule has 0 fully saturated rings. The molecule has 0 saturated heterocycles. The van der Waals surface area contributed by atoms with Gasteiger partial charge in [0.1, 0.15) is 6.04 Å². The van der Waals surface area contributed by atoms with Crippen molar-refractivity contribution in [1.82, 2.24) is 15.0 Å². The number of amides is 2. The average molecular weight is 459 g/mol. The Balaban J connectivity index is 1.75.